The van der Waals surface area contributed by atoms with Gasteiger partial charge in [-0.2, -0.15) is 16.5 Å². The number of methoxy groups -OCH3 is 2. The third-order valence-corrected chi connectivity index (χ3v) is 5.00. The molecule has 0 amide bonds. The number of ether oxygens (including phenoxy) is 2. The van der Waals surface area contributed by atoms with Gasteiger partial charge in [0.1, 0.15) is 22.4 Å². The van der Waals surface area contributed by atoms with Crippen LogP contribution in [0.5, 0.6) is 11.5 Å². The maximum Gasteiger partial charge on any atom is 0.321 e. The van der Waals surface area contributed by atoms with Crippen LogP contribution >= 0.6 is 11.8 Å². The second-order valence-electron chi connectivity index (χ2n) is 4.31. The minimum absolute atomic E-state index is 0.113. The Balaban J connectivity index is 3.14. The fourth-order valence-electron chi connectivity index (χ4n) is 1.71. The first-order valence-electron chi connectivity index (χ1n) is 6.31. The zero-order valence-electron chi connectivity index (χ0n) is 12.5. The van der Waals surface area contributed by atoms with Gasteiger partial charge in [0.2, 0.25) is 10.0 Å². The molecule has 1 aromatic carbocycles. The van der Waals surface area contributed by atoms with Crippen LogP contribution in [0.25, 0.3) is 0 Å². The number of sulfonamides is 1. The van der Waals surface area contributed by atoms with Crippen molar-refractivity contribution in [1.29, 1.82) is 0 Å². The molecule has 0 radical (unpaired) electrons. The van der Waals surface area contributed by atoms with E-state index in [1.807, 2.05) is 6.26 Å². The van der Waals surface area contributed by atoms with E-state index in [-0.39, 0.29) is 17.1 Å². The Morgan fingerprint density at radius 2 is 2.05 bits per heavy atom. The van der Waals surface area contributed by atoms with Crippen LogP contribution in [0.2, 0.25) is 0 Å². The van der Waals surface area contributed by atoms with Crippen molar-refractivity contribution < 1.29 is 27.8 Å². The van der Waals surface area contributed by atoms with Gasteiger partial charge in [0, 0.05) is 6.07 Å². The van der Waals surface area contributed by atoms with E-state index in [0.717, 1.165) is 0 Å². The highest BCUT2D eigenvalue weighted by Gasteiger charge is 2.27. The highest BCUT2D eigenvalue weighted by molar-refractivity contribution is 7.98. The molecule has 9 heteroatoms. The minimum Gasteiger partial charge on any atom is -0.497 e. The van der Waals surface area contributed by atoms with Crippen LogP contribution in [-0.4, -0.2) is 51.8 Å². The lowest BCUT2D eigenvalue weighted by atomic mass is 10.2. The molecular formula is C13H19NO6S2. The zero-order valence-corrected chi connectivity index (χ0v) is 14.2. The van der Waals surface area contributed by atoms with E-state index < -0.39 is 22.0 Å². The van der Waals surface area contributed by atoms with Crippen molar-refractivity contribution in [1.82, 2.24) is 4.72 Å². The molecule has 0 bridgehead atoms. The molecular weight excluding hydrogens is 330 g/mol. The number of hydrogen-bond acceptors (Lipinski definition) is 6. The maximum absolute atomic E-state index is 12.4. The van der Waals surface area contributed by atoms with E-state index in [0.29, 0.717) is 11.5 Å². The SMILES string of the molecule is COc1ccc(OC)c(S(=O)(=O)NC(CCSC)C(=O)O)c1. The van der Waals surface area contributed by atoms with Gasteiger partial charge in [-0.1, -0.05) is 0 Å². The van der Waals surface area contributed by atoms with E-state index in [2.05, 4.69) is 4.72 Å². The third kappa shape index (κ3) is 4.79. The largest absolute Gasteiger partial charge is 0.497 e. The normalized spacial score (nSPS) is 12.7. The molecule has 1 rings (SSSR count). The highest BCUT2D eigenvalue weighted by atomic mass is 32.2. The summed E-state index contributed by atoms with van der Waals surface area (Å²) in [6.45, 7) is 0. The molecule has 2 N–H and O–H groups in total. The van der Waals surface area contributed by atoms with Gasteiger partial charge in [-0.05, 0) is 30.6 Å². The number of carboxylic acid groups (broad SMARTS) is 1. The van der Waals surface area contributed by atoms with Crippen LogP contribution in [0.1, 0.15) is 6.42 Å². The first-order chi connectivity index (χ1) is 10.4. The maximum atomic E-state index is 12.4. The first kappa shape index (κ1) is 18.6. The van der Waals surface area contributed by atoms with Gasteiger partial charge < -0.3 is 14.6 Å². The van der Waals surface area contributed by atoms with Crippen LogP contribution in [-0.2, 0) is 14.8 Å². The fraction of sp³-hybridized carbons (Fsp3) is 0.462. The molecule has 1 unspecified atom stereocenters. The van der Waals surface area contributed by atoms with Crippen LogP contribution < -0.4 is 14.2 Å². The van der Waals surface area contributed by atoms with Crippen molar-refractivity contribution in [3.63, 3.8) is 0 Å². The van der Waals surface area contributed by atoms with Gasteiger partial charge in [0.05, 0.1) is 14.2 Å². The highest BCUT2D eigenvalue weighted by Crippen LogP contribution is 2.28. The van der Waals surface area contributed by atoms with Gasteiger partial charge in [0.25, 0.3) is 0 Å². The number of carbonyl (C=O) groups is 1. The Hall–Kier alpha value is -1.45. The number of rotatable bonds is 9. The molecule has 0 heterocycles. The minimum atomic E-state index is -4.06. The van der Waals surface area contributed by atoms with Crippen LogP contribution in [0.3, 0.4) is 0 Å². The summed E-state index contributed by atoms with van der Waals surface area (Å²) in [6, 6.07) is 3.09. The first-order valence-corrected chi connectivity index (χ1v) is 9.19. The summed E-state index contributed by atoms with van der Waals surface area (Å²) in [7, 11) is -1.31. The van der Waals surface area contributed by atoms with Crippen molar-refractivity contribution in [2.45, 2.75) is 17.4 Å². The van der Waals surface area contributed by atoms with E-state index in [1.54, 1.807) is 6.07 Å². The number of nitrogens with one attached hydrogen (secondary N) is 1. The van der Waals surface area contributed by atoms with E-state index in [9.17, 15) is 13.2 Å². The number of carboxylic acids is 1. The molecule has 0 spiro atoms. The summed E-state index contributed by atoms with van der Waals surface area (Å²) in [5.41, 5.74) is 0. The second kappa shape index (κ2) is 8.25. The summed E-state index contributed by atoms with van der Waals surface area (Å²) in [5.74, 6) is -0.256. The van der Waals surface area contributed by atoms with Crippen molar-refractivity contribution in [3.05, 3.63) is 18.2 Å². The Labute approximate surface area is 134 Å². The predicted octanol–water partition coefficient (Wildman–Crippen LogP) is 1.19. The van der Waals surface area contributed by atoms with Crippen molar-refractivity contribution >= 4 is 27.8 Å². The van der Waals surface area contributed by atoms with Gasteiger partial charge in [0.15, 0.2) is 0 Å². The lowest BCUT2D eigenvalue weighted by molar-refractivity contribution is -0.139. The average Bonchev–Trinajstić information content (AvgIpc) is 2.50. The van der Waals surface area contributed by atoms with Gasteiger partial charge in [-0.15, -0.1) is 0 Å². The monoisotopic (exact) mass is 349 g/mol. The van der Waals surface area contributed by atoms with Crippen LogP contribution in [0, 0.1) is 0 Å². The molecule has 1 aromatic rings. The van der Waals surface area contributed by atoms with E-state index >= 15 is 0 Å². The number of hydrogen-bond donors (Lipinski definition) is 2. The quantitative estimate of drug-likeness (QED) is 0.690. The topological polar surface area (TPSA) is 102 Å². The summed E-state index contributed by atoms with van der Waals surface area (Å²) in [5, 5.41) is 9.15. The van der Waals surface area contributed by atoms with Crippen molar-refractivity contribution in [3.8, 4) is 11.5 Å². The molecule has 0 saturated carbocycles. The Morgan fingerprint density at radius 3 is 2.55 bits per heavy atom. The lowest BCUT2D eigenvalue weighted by Crippen LogP contribution is -2.41. The molecule has 0 aliphatic carbocycles. The molecule has 124 valence electrons. The van der Waals surface area contributed by atoms with Gasteiger partial charge in [-0.25, -0.2) is 8.42 Å². The molecule has 0 aliphatic heterocycles. The molecule has 22 heavy (non-hydrogen) atoms. The van der Waals surface area contributed by atoms with E-state index in [4.69, 9.17) is 14.6 Å². The summed E-state index contributed by atoms with van der Waals surface area (Å²) < 4.78 is 37.1. The van der Waals surface area contributed by atoms with Crippen LogP contribution in [0.4, 0.5) is 0 Å². The van der Waals surface area contributed by atoms with Gasteiger partial charge >= 0.3 is 5.97 Å². The third-order valence-electron chi connectivity index (χ3n) is 2.87. The molecule has 0 saturated heterocycles. The van der Waals surface area contributed by atoms with Crippen LogP contribution in [0.15, 0.2) is 23.1 Å². The smallest absolute Gasteiger partial charge is 0.321 e. The summed E-state index contributed by atoms with van der Waals surface area (Å²) >= 11 is 1.44. The zero-order chi connectivity index (χ0) is 16.8. The van der Waals surface area contributed by atoms with E-state index in [1.165, 1.54) is 38.1 Å². The number of benzene rings is 1. The Kier molecular flexibility index (Phi) is 6.98. The molecule has 1 atom stereocenters. The molecule has 7 nitrogen and oxygen atoms in total. The van der Waals surface area contributed by atoms with Crippen molar-refractivity contribution in [2.75, 3.05) is 26.2 Å². The second-order valence-corrected chi connectivity index (χ2v) is 6.98. The fourth-order valence-corrected chi connectivity index (χ4v) is 3.59. The average molecular weight is 349 g/mol. The Morgan fingerprint density at radius 1 is 1.36 bits per heavy atom. The Bertz CT molecular complexity index is 617. The number of aliphatic carboxylic acids is 1. The predicted molar refractivity (Wildman–Crippen MR) is 84.3 cm³/mol. The lowest BCUT2D eigenvalue weighted by Gasteiger charge is -2.16. The number of thioether (sulfide) groups is 1. The standard InChI is InChI=1S/C13H19NO6S2/c1-19-9-4-5-11(20-2)12(8-9)22(17,18)14-10(13(15)16)6-7-21-3/h4-5,8,10,14H,6-7H2,1-3H3,(H,15,16). The molecule has 0 aromatic heterocycles. The van der Waals surface area contributed by atoms with Gasteiger partial charge in [-0.3, -0.25) is 4.79 Å². The van der Waals surface area contributed by atoms with Crippen molar-refractivity contribution in [2.24, 2.45) is 0 Å². The molecule has 0 aliphatic rings. The summed E-state index contributed by atoms with van der Waals surface area (Å²) in [4.78, 5) is 11.0. The molecule has 0 fully saturated rings. The summed E-state index contributed by atoms with van der Waals surface area (Å²) in [6.07, 6.45) is 2.00.